The van der Waals surface area contributed by atoms with Crippen LogP contribution in [0.1, 0.15) is 29.8 Å². The first-order chi connectivity index (χ1) is 19.4. The molecule has 2 aliphatic rings. The van der Waals surface area contributed by atoms with Crippen molar-refractivity contribution in [3.63, 3.8) is 0 Å². The van der Waals surface area contributed by atoms with E-state index in [0.717, 1.165) is 30.2 Å². The number of likely N-dealkylation sites (tertiary alicyclic amines) is 1. The summed E-state index contributed by atoms with van der Waals surface area (Å²) in [5.74, 6) is -0.237. The van der Waals surface area contributed by atoms with Gasteiger partial charge in [0.05, 0.1) is 18.5 Å². The molecule has 0 aliphatic carbocycles. The number of carboxylic acid groups (broad SMARTS) is 1. The maximum Gasteiger partial charge on any atom is 0.407 e. The van der Waals surface area contributed by atoms with Crippen LogP contribution in [0.5, 0.6) is 6.01 Å². The number of piperazine rings is 1. The molecule has 0 saturated carbocycles. The van der Waals surface area contributed by atoms with Crippen molar-refractivity contribution < 1.29 is 19.4 Å². The minimum Gasteiger partial charge on any atom is -0.465 e. The number of carbonyl (C=O) groups excluding carboxylic acids is 1. The van der Waals surface area contributed by atoms with E-state index < -0.39 is 18.0 Å². The topological polar surface area (TPSA) is 161 Å². The summed E-state index contributed by atoms with van der Waals surface area (Å²) in [5.41, 5.74) is 7.15. The largest absolute Gasteiger partial charge is 0.465 e. The molecule has 3 aromatic rings. The predicted molar refractivity (Wildman–Crippen MR) is 150 cm³/mol. The minimum absolute atomic E-state index is 0.0135. The number of rotatable bonds is 7. The summed E-state index contributed by atoms with van der Waals surface area (Å²) in [6.45, 7) is 1.97. The second-order valence-corrected chi connectivity index (χ2v) is 10.1. The number of fused-ring (bicyclic) bond motifs is 1. The third kappa shape index (κ3) is 5.55. The Morgan fingerprint density at radius 3 is 2.70 bits per heavy atom. The highest BCUT2D eigenvalue weighted by Gasteiger charge is 2.33. The van der Waals surface area contributed by atoms with Gasteiger partial charge in [0.25, 0.3) is 5.91 Å². The van der Waals surface area contributed by atoms with Crippen molar-refractivity contribution >= 4 is 40.0 Å². The average molecular weight is 545 g/mol. The van der Waals surface area contributed by atoms with Gasteiger partial charge in [-0.25, -0.2) is 4.79 Å². The number of carbonyl (C=O) groups is 2. The van der Waals surface area contributed by atoms with Gasteiger partial charge in [-0.15, -0.1) is 0 Å². The molecule has 0 bridgehead atoms. The number of aromatic nitrogens is 2. The van der Waals surface area contributed by atoms with Crippen molar-refractivity contribution in [2.24, 2.45) is 0 Å². The number of amides is 2. The number of anilines is 3. The number of nitriles is 1. The molecule has 208 valence electrons. The van der Waals surface area contributed by atoms with Crippen molar-refractivity contribution in [3.8, 4) is 12.1 Å². The second kappa shape index (κ2) is 11.6. The normalized spacial score (nSPS) is 19.4. The van der Waals surface area contributed by atoms with Gasteiger partial charge in [0.2, 0.25) is 0 Å². The molecule has 2 atom stereocenters. The van der Waals surface area contributed by atoms with Crippen molar-refractivity contribution in [3.05, 3.63) is 48.2 Å². The third-order valence-corrected chi connectivity index (χ3v) is 7.59. The second-order valence-electron chi connectivity index (χ2n) is 10.1. The molecule has 2 aliphatic heterocycles. The summed E-state index contributed by atoms with van der Waals surface area (Å²) in [6, 6.07) is 15.0. The third-order valence-electron chi connectivity index (χ3n) is 7.59. The average Bonchev–Trinajstić information content (AvgIpc) is 3.37. The number of benzene rings is 2. The molecule has 12 heteroatoms. The van der Waals surface area contributed by atoms with Crippen LogP contribution in [-0.2, 0) is 0 Å². The van der Waals surface area contributed by atoms with Gasteiger partial charge in [-0.1, -0.05) is 36.4 Å². The fourth-order valence-electron chi connectivity index (χ4n) is 5.37. The molecule has 4 N–H and O–H groups in total. The molecule has 0 unspecified atom stereocenters. The van der Waals surface area contributed by atoms with Gasteiger partial charge in [0.15, 0.2) is 11.5 Å². The Kier molecular flexibility index (Phi) is 7.84. The zero-order chi connectivity index (χ0) is 28.2. The number of nitrogen functional groups attached to an aromatic ring is 1. The zero-order valence-corrected chi connectivity index (χ0v) is 22.3. The van der Waals surface area contributed by atoms with Crippen molar-refractivity contribution in [2.75, 3.05) is 55.8 Å². The van der Waals surface area contributed by atoms with Crippen molar-refractivity contribution in [2.45, 2.75) is 31.3 Å². The van der Waals surface area contributed by atoms with E-state index in [1.807, 2.05) is 49.5 Å². The van der Waals surface area contributed by atoms with E-state index in [2.05, 4.69) is 26.3 Å². The lowest BCUT2D eigenvalue weighted by atomic mass is 10.1. The Labute approximate surface area is 231 Å². The van der Waals surface area contributed by atoms with E-state index >= 15 is 0 Å². The van der Waals surface area contributed by atoms with Crippen molar-refractivity contribution in [1.82, 2.24) is 19.8 Å². The summed E-state index contributed by atoms with van der Waals surface area (Å²) in [5, 5.41) is 23.7. The summed E-state index contributed by atoms with van der Waals surface area (Å²) < 4.78 is 6.01. The lowest BCUT2D eigenvalue weighted by Gasteiger charge is -2.40. The molecule has 3 heterocycles. The fourth-order valence-corrected chi connectivity index (χ4v) is 5.37. The molecular formula is C28H32N8O4. The molecule has 0 spiro atoms. The zero-order valence-electron chi connectivity index (χ0n) is 22.3. The van der Waals surface area contributed by atoms with Gasteiger partial charge in [0.1, 0.15) is 12.3 Å². The molecule has 12 nitrogen and oxygen atoms in total. The first-order valence-corrected chi connectivity index (χ1v) is 13.3. The van der Waals surface area contributed by atoms with Crippen LogP contribution in [0, 0.1) is 11.3 Å². The van der Waals surface area contributed by atoms with E-state index in [9.17, 15) is 20.0 Å². The van der Waals surface area contributed by atoms with E-state index in [-0.39, 0.29) is 55.3 Å². The molecule has 1 aromatic heterocycles. The van der Waals surface area contributed by atoms with E-state index in [1.54, 1.807) is 4.90 Å². The fraction of sp³-hybridized carbons (Fsp3) is 0.393. The standard InChI is InChI=1S/C28H32N8O4/c1-34-13-5-8-20(34)17-40-27-32-24(26(37)31-22-10-4-7-18-6-2-3-9-21(18)22)23(30)25(33-27)35-14-15-36(28(38)39)19(16-35)11-12-29/h2-4,6-7,9-10,19-20H,5,8,11,13-17,30H2,1H3,(H,31,37)(H,38,39)/t19-,20-/m0/s1. The van der Waals surface area contributed by atoms with Gasteiger partial charge in [-0.2, -0.15) is 15.2 Å². The smallest absolute Gasteiger partial charge is 0.407 e. The van der Waals surface area contributed by atoms with Gasteiger partial charge >= 0.3 is 12.1 Å². The molecule has 2 aromatic carbocycles. The van der Waals surface area contributed by atoms with E-state index in [1.165, 1.54) is 4.90 Å². The summed E-state index contributed by atoms with van der Waals surface area (Å²) in [7, 11) is 2.04. The molecule has 40 heavy (non-hydrogen) atoms. The quantitative estimate of drug-likeness (QED) is 0.403. The Morgan fingerprint density at radius 1 is 1.15 bits per heavy atom. The predicted octanol–water partition coefficient (Wildman–Crippen LogP) is 3.02. The van der Waals surface area contributed by atoms with Crippen LogP contribution in [0.3, 0.4) is 0 Å². The highest BCUT2D eigenvalue weighted by Crippen LogP contribution is 2.31. The van der Waals surface area contributed by atoms with Crippen LogP contribution in [0.15, 0.2) is 42.5 Å². The maximum atomic E-state index is 13.6. The lowest BCUT2D eigenvalue weighted by molar-refractivity contribution is 0.102. The Morgan fingerprint density at radius 2 is 1.95 bits per heavy atom. The van der Waals surface area contributed by atoms with Crippen LogP contribution < -0.4 is 20.7 Å². The van der Waals surface area contributed by atoms with Crippen LogP contribution in [0.4, 0.5) is 22.0 Å². The molecule has 2 amide bonds. The number of ether oxygens (including phenoxy) is 1. The van der Waals surface area contributed by atoms with Crippen LogP contribution in [0.2, 0.25) is 0 Å². The minimum atomic E-state index is -1.09. The molecule has 2 fully saturated rings. The van der Waals surface area contributed by atoms with Gasteiger partial charge in [-0.05, 0) is 37.9 Å². The first-order valence-electron chi connectivity index (χ1n) is 13.3. The Balaban J connectivity index is 1.47. The number of hydrogen-bond acceptors (Lipinski definition) is 9. The Hall–Kier alpha value is -4.63. The number of likely N-dealkylation sites (N-methyl/N-ethyl adjacent to an activating group) is 1. The molecule has 5 rings (SSSR count). The van der Waals surface area contributed by atoms with E-state index in [0.29, 0.717) is 12.3 Å². The van der Waals surface area contributed by atoms with Gasteiger partial charge < -0.3 is 35.6 Å². The summed E-state index contributed by atoms with van der Waals surface area (Å²) in [4.78, 5) is 39.6. The number of nitrogens with two attached hydrogens (primary N) is 1. The molecule has 0 radical (unpaired) electrons. The summed E-state index contributed by atoms with van der Waals surface area (Å²) >= 11 is 0. The monoisotopic (exact) mass is 544 g/mol. The highest BCUT2D eigenvalue weighted by atomic mass is 16.5. The van der Waals surface area contributed by atoms with Gasteiger partial charge in [-0.3, -0.25) is 4.79 Å². The SMILES string of the molecule is CN1CCC[C@H]1COc1nc(C(=O)Nc2cccc3ccccc23)c(N)c(N2CCN(C(=O)O)[C@@H](CC#N)C2)n1. The van der Waals surface area contributed by atoms with Crippen LogP contribution in [-0.4, -0.2) is 88.8 Å². The number of nitrogens with one attached hydrogen (secondary N) is 1. The maximum absolute atomic E-state index is 13.6. The van der Waals surface area contributed by atoms with Crippen molar-refractivity contribution in [1.29, 1.82) is 5.26 Å². The number of nitrogens with zero attached hydrogens (tertiary/aromatic N) is 6. The first kappa shape index (κ1) is 27.0. The van der Waals surface area contributed by atoms with Crippen LogP contribution in [0.25, 0.3) is 10.8 Å². The van der Waals surface area contributed by atoms with E-state index in [4.69, 9.17) is 10.5 Å². The molecule has 2 saturated heterocycles. The summed E-state index contributed by atoms with van der Waals surface area (Å²) in [6.07, 6.45) is 0.986. The molecular weight excluding hydrogens is 512 g/mol. The highest BCUT2D eigenvalue weighted by molar-refractivity contribution is 6.11. The van der Waals surface area contributed by atoms with Crippen LogP contribution >= 0.6 is 0 Å². The lowest BCUT2D eigenvalue weighted by Crippen LogP contribution is -2.55. The Bertz CT molecular complexity index is 1450. The number of hydrogen-bond donors (Lipinski definition) is 3. The van der Waals surface area contributed by atoms with Gasteiger partial charge in [0, 0.05) is 36.7 Å².